The van der Waals surface area contributed by atoms with Gasteiger partial charge < -0.3 is 15.3 Å². The SMILES string of the molecule is Cc1cc(C(=O)N2CCC(C)(O)CC2)cc(C)c1/C=C/S(=O)(=O)N1CCC2(CC1)N=C(c1ccc(C(F)(F)F)c(Cl)c1)NC2=O. The zero-order valence-electron chi connectivity index (χ0n) is 25.0. The molecule has 2 aromatic carbocycles. The topological polar surface area (TPSA) is 119 Å². The Kier molecular flexibility index (Phi) is 8.71. The number of aryl methyl sites for hydroxylation is 2. The summed E-state index contributed by atoms with van der Waals surface area (Å²) in [6.07, 6.45) is -1.95. The molecule has 5 rings (SSSR count). The van der Waals surface area contributed by atoms with Crippen LogP contribution in [0, 0.1) is 13.8 Å². The van der Waals surface area contributed by atoms with E-state index in [-0.39, 0.29) is 43.2 Å². The number of carbonyl (C=O) groups excluding carboxylic acids is 2. The van der Waals surface area contributed by atoms with Crippen molar-refractivity contribution in [3.8, 4) is 0 Å². The molecule has 0 aliphatic carbocycles. The minimum atomic E-state index is -4.62. The molecule has 242 valence electrons. The number of hydrogen-bond acceptors (Lipinski definition) is 6. The van der Waals surface area contributed by atoms with Crippen LogP contribution in [-0.4, -0.2) is 77.7 Å². The third kappa shape index (κ3) is 6.81. The first-order valence-electron chi connectivity index (χ1n) is 14.5. The lowest BCUT2D eigenvalue weighted by molar-refractivity contribution is -0.137. The summed E-state index contributed by atoms with van der Waals surface area (Å²) < 4.78 is 67.0. The third-order valence-electron chi connectivity index (χ3n) is 8.81. The van der Waals surface area contributed by atoms with Gasteiger partial charge >= 0.3 is 6.18 Å². The number of aliphatic hydroxyl groups is 1. The summed E-state index contributed by atoms with van der Waals surface area (Å²) in [7, 11) is -3.87. The van der Waals surface area contributed by atoms with Crippen molar-refractivity contribution in [3.63, 3.8) is 0 Å². The minimum Gasteiger partial charge on any atom is -0.390 e. The predicted molar refractivity (Wildman–Crippen MR) is 164 cm³/mol. The van der Waals surface area contributed by atoms with E-state index >= 15 is 0 Å². The number of amidine groups is 1. The number of halogens is 4. The quantitative estimate of drug-likeness (QED) is 0.481. The van der Waals surface area contributed by atoms with Crippen LogP contribution in [-0.2, 0) is 21.0 Å². The predicted octanol–water partition coefficient (Wildman–Crippen LogP) is 4.67. The molecule has 1 spiro atoms. The number of nitrogens with one attached hydrogen (secondary N) is 1. The van der Waals surface area contributed by atoms with Crippen molar-refractivity contribution in [1.29, 1.82) is 0 Å². The van der Waals surface area contributed by atoms with Crippen LogP contribution in [0.3, 0.4) is 0 Å². The number of likely N-dealkylation sites (tertiary alicyclic amines) is 1. The Morgan fingerprint density at radius 2 is 1.64 bits per heavy atom. The molecule has 3 aliphatic heterocycles. The van der Waals surface area contributed by atoms with Gasteiger partial charge in [0.2, 0.25) is 10.0 Å². The molecule has 45 heavy (non-hydrogen) atoms. The molecule has 2 N–H and O–H groups in total. The van der Waals surface area contributed by atoms with Crippen molar-refractivity contribution in [2.75, 3.05) is 26.2 Å². The molecule has 0 saturated carbocycles. The minimum absolute atomic E-state index is 0.0127. The summed E-state index contributed by atoms with van der Waals surface area (Å²) in [4.78, 5) is 32.2. The van der Waals surface area contributed by atoms with Crippen molar-refractivity contribution in [1.82, 2.24) is 14.5 Å². The Bertz CT molecular complexity index is 1680. The summed E-state index contributed by atoms with van der Waals surface area (Å²) in [5.41, 5.74) is -0.146. The van der Waals surface area contributed by atoms with Crippen LogP contribution < -0.4 is 5.32 Å². The molecule has 3 aliphatic rings. The summed E-state index contributed by atoms with van der Waals surface area (Å²) in [5, 5.41) is 13.4. The fourth-order valence-corrected chi connectivity index (χ4v) is 7.43. The smallest absolute Gasteiger partial charge is 0.390 e. The number of aliphatic imine (C=N–C) groups is 1. The summed E-state index contributed by atoms with van der Waals surface area (Å²) in [6, 6.07) is 6.57. The molecule has 2 saturated heterocycles. The van der Waals surface area contributed by atoms with Gasteiger partial charge in [-0.05, 0) is 93.5 Å². The Morgan fingerprint density at radius 3 is 2.20 bits per heavy atom. The van der Waals surface area contributed by atoms with Gasteiger partial charge in [-0.2, -0.15) is 17.5 Å². The Labute approximate surface area is 264 Å². The van der Waals surface area contributed by atoms with Crippen LogP contribution in [0.4, 0.5) is 13.2 Å². The Morgan fingerprint density at radius 1 is 1.04 bits per heavy atom. The van der Waals surface area contributed by atoms with Crippen molar-refractivity contribution in [2.45, 2.75) is 63.8 Å². The monoisotopic (exact) mass is 666 g/mol. The highest BCUT2D eigenvalue weighted by atomic mass is 35.5. The number of carbonyl (C=O) groups is 2. The summed E-state index contributed by atoms with van der Waals surface area (Å²) in [5.74, 6) is -0.492. The van der Waals surface area contributed by atoms with E-state index in [2.05, 4.69) is 10.3 Å². The number of nitrogens with zero attached hydrogens (tertiary/aromatic N) is 3. The van der Waals surface area contributed by atoms with Crippen molar-refractivity contribution in [3.05, 3.63) is 74.1 Å². The van der Waals surface area contributed by atoms with Crippen LogP contribution in [0.1, 0.15) is 70.8 Å². The van der Waals surface area contributed by atoms with Crippen LogP contribution in [0.25, 0.3) is 6.08 Å². The Balaban J connectivity index is 1.26. The highest BCUT2D eigenvalue weighted by Crippen LogP contribution is 2.37. The van der Waals surface area contributed by atoms with E-state index < -0.39 is 43.8 Å². The van der Waals surface area contributed by atoms with Crippen LogP contribution in [0.2, 0.25) is 5.02 Å². The molecule has 2 aromatic rings. The van der Waals surface area contributed by atoms with Gasteiger partial charge in [0.05, 0.1) is 16.2 Å². The zero-order valence-corrected chi connectivity index (χ0v) is 26.6. The molecule has 2 fully saturated rings. The highest BCUT2D eigenvalue weighted by molar-refractivity contribution is 7.92. The van der Waals surface area contributed by atoms with E-state index in [1.54, 1.807) is 37.8 Å². The lowest BCUT2D eigenvalue weighted by Crippen LogP contribution is -2.50. The van der Waals surface area contributed by atoms with Gasteiger partial charge in [0, 0.05) is 42.7 Å². The van der Waals surface area contributed by atoms with Crippen LogP contribution >= 0.6 is 11.6 Å². The van der Waals surface area contributed by atoms with Gasteiger partial charge in [-0.3, -0.25) is 14.6 Å². The van der Waals surface area contributed by atoms with E-state index in [0.717, 1.165) is 28.7 Å². The number of alkyl halides is 3. The van der Waals surface area contributed by atoms with Gasteiger partial charge in [0.15, 0.2) is 0 Å². The molecule has 0 unspecified atom stereocenters. The second-order valence-corrected chi connectivity index (χ2v) is 14.4. The number of benzene rings is 2. The van der Waals surface area contributed by atoms with Gasteiger partial charge in [-0.25, -0.2) is 8.42 Å². The fourth-order valence-electron chi connectivity index (χ4n) is 5.97. The molecular weight excluding hydrogens is 633 g/mol. The van der Waals surface area contributed by atoms with Crippen LogP contribution in [0.15, 0.2) is 40.7 Å². The molecule has 0 bridgehead atoms. The lowest BCUT2D eigenvalue weighted by Gasteiger charge is -2.36. The molecule has 0 radical (unpaired) electrons. The van der Waals surface area contributed by atoms with E-state index in [4.69, 9.17) is 11.6 Å². The summed E-state index contributed by atoms with van der Waals surface area (Å²) >= 11 is 5.84. The average molecular weight is 667 g/mol. The molecule has 0 atom stereocenters. The van der Waals surface area contributed by atoms with E-state index in [0.29, 0.717) is 37.1 Å². The largest absolute Gasteiger partial charge is 0.417 e. The molecule has 9 nitrogen and oxygen atoms in total. The number of sulfonamides is 1. The fraction of sp³-hybridized carbons (Fsp3) is 0.452. The summed E-state index contributed by atoms with van der Waals surface area (Å²) in [6.45, 7) is 6.31. The second-order valence-electron chi connectivity index (χ2n) is 12.2. The molecular formula is C31H34ClF3N4O5S. The first-order chi connectivity index (χ1) is 20.9. The van der Waals surface area contributed by atoms with Gasteiger partial charge in [-0.1, -0.05) is 17.7 Å². The van der Waals surface area contributed by atoms with Gasteiger partial charge in [0.25, 0.3) is 11.8 Å². The molecule has 3 heterocycles. The van der Waals surface area contributed by atoms with Crippen molar-refractivity contribution >= 4 is 45.4 Å². The number of rotatable bonds is 5. The number of piperidine rings is 2. The lowest BCUT2D eigenvalue weighted by atomic mass is 9.89. The van der Waals surface area contributed by atoms with E-state index in [1.165, 1.54) is 16.4 Å². The van der Waals surface area contributed by atoms with Crippen molar-refractivity contribution < 1.29 is 36.3 Å². The standard InChI is InChI=1S/C31H34ClF3N4O5S/c1-19-16-22(27(40)38-11-7-29(3,42)8-12-38)17-20(2)23(19)6-15-45(43,44)39-13-9-30(10-14-39)28(41)36-26(37-30)21-4-5-24(25(32)18-21)31(33,34)35/h4-6,15-18,42H,7-14H2,1-3H3,(H,36,37,41)/b15-6+. The molecule has 2 amide bonds. The van der Waals surface area contributed by atoms with E-state index in [9.17, 15) is 36.3 Å². The maximum atomic E-state index is 13.3. The molecule has 0 aromatic heterocycles. The average Bonchev–Trinajstić information content (AvgIpc) is 3.26. The normalized spacial score (nSPS) is 20.5. The second kappa shape index (κ2) is 11.8. The first kappa shape index (κ1) is 33.1. The van der Waals surface area contributed by atoms with Gasteiger partial charge in [-0.15, -0.1) is 0 Å². The highest BCUT2D eigenvalue weighted by Gasteiger charge is 2.47. The van der Waals surface area contributed by atoms with Crippen LogP contribution in [0.5, 0.6) is 0 Å². The first-order valence-corrected chi connectivity index (χ1v) is 16.4. The van der Waals surface area contributed by atoms with E-state index in [1.807, 2.05) is 0 Å². The van der Waals surface area contributed by atoms with Crippen molar-refractivity contribution in [2.24, 2.45) is 4.99 Å². The number of hydrogen-bond donors (Lipinski definition) is 2. The molecule has 14 heteroatoms. The number of amides is 2. The third-order valence-corrected chi connectivity index (χ3v) is 10.7. The van der Waals surface area contributed by atoms with Gasteiger partial charge in [0.1, 0.15) is 11.4 Å². The maximum absolute atomic E-state index is 13.3. The zero-order chi connectivity index (χ0) is 32.9. The Hall–Kier alpha value is -3.26. The maximum Gasteiger partial charge on any atom is 0.417 e.